The van der Waals surface area contributed by atoms with E-state index in [1.807, 2.05) is 12.2 Å². The maximum atomic E-state index is 10.5. The summed E-state index contributed by atoms with van der Waals surface area (Å²) in [5, 5.41) is 8.62. The number of carbonyl (C=O) groups is 1. The van der Waals surface area contributed by atoms with Crippen LogP contribution in [0.4, 0.5) is 0 Å². The molecule has 2 aliphatic heterocycles. The third kappa shape index (κ3) is 5.42. The predicted molar refractivity (Wildman–Crippen MR) is 97.4 cm³/mol. The number of aliphatic carboxylic acids is 1. The van der Waals surface area contributed by atoms with E-state index < -0.39 is 5.97 Å². The molecule has 2 bridgehead atoms. The lowest BCUT2D eigenvalue weighted by atomic mass is 9.78. The van der Waals surface area contributed by atoms with Gasteiger partial charge in [-0.05, 0) is 43.9 Å². The van der Waals surface area contributed by atoms with Crippen molar-refractivity contribution in [3.8, 4) is 0 Å². The van der Waals surface area contributed by atoms with Crippen LogP contribution in [0.25, 0.3) is 0 Å². The topological polar surface area (TPSA) is 55.8 Å². The fraction of sp³-hybridized carbons (Fsp3) is 0.762. The summed E-state index contributed by atoms with van der Waals surface area (Å²) in [6, 6.07) is 0. The SMILES string of the molecule is O=C(O)CC=C/C=C\C[C@H]1[C@@H](COCC2CCCCC2)[C@H]2CC[C@@H]1O2. The molecule has 0 amide bonds. The van der Waals surface area contributed by atoms with E-state index in [0.29, 0.717) is 24.0 Å². The molecule has 0 spiro atoms. The highest BCUT2D eigenvalue weighted by atomic mass is 16.5. The van der Waals surface area contributed by atoms with E-state index in [-0.39, 0.29) is 6.42 Å². The molecule has 1 saturated carbocycles. The van der Waals surface area contributed by atoms with Crippen molar-refractivity contribution in [1.29, 1.82) is 0 Å². The number of hydrogen-bond acceptors (Lipinski definition) is 3. The summed E-state index contributed by atoms with van der Waals surface area (Å²) >= 11 is 0. The molecule has 4 atom stereocenters. The summed E-state index contributed by atoms with van der Waals surface area (Å²) < 4.78 is 12.3. The maximum Gasteiger partial charge on any atom is 0.307 e. The minimum absolute atomic E-state index is 0.0826. The first-order chi connectivity index (χ1) is 12.2. The van der Waals surface area contributed by atoms with Crippen LogP contribution in [0.5, 0.6) is 0 Å². The van der Waals surface area contributed by atoms with Crippen LogP contribution in [-0.4, -0.2) is 36.5 Å². The predicted octanol–water partition coefficient (Wildman–Crippen LogP) is 4.35. The summed E-state index contributed by atoms with van der Waals surface area (Å²) in [7, 11) is 0. The molecule has 0 unspecified atom stereocenters. The first-order valence-electron chi connectivity index (χ1n) is 10.0. The maximum absolute atomic E-state index is 10.5. The van der Waals surface area contributed by atoms with Crippen LogP contribution in [0.1, 0.15) is 57.8 Å². The molecule has 3 fully saturated rings. The summed E-state index contributed by atoms with van der Waals surface area (Å²) in [5.41, 5.74) is 0. The summed E-state index contributed by atoms with van der Waals surface area (Å²) in [6.07, 6.45) is 18.7. The number of carboxylic acids is 1. The van der Waals surface area contributed by atoms with Crippen molar-refractivity contribution in [2.24, 2.45) is 17.8 Å². The van der Waals surface area contributed by atoms with Gasteiger partial charge in [0.25, 0.3) is 0 Å². The highest BCUT2D eigenvalue weighted by molar-refractivity contribution is 5.68. The summed E-state index contributed by atoms with van der Waals surface area (Å²) in [4.78, 5) is 10.5. The molecule has 1 N–H and O–H groups in total. The van der Waals surface area contributed by atoms with Gasteiger partial charge in [-0.3, -0.25) is 4.79 Å². The molecule has 140 valence electrons. The second kappa shape index (κ2) is 9.54. The van der Waals surface area contributed by atoms with Gasteiger partial charge in [0, 0.05) is 12.5 Å². The Morgan fingerprint density at radius 2 is 1.68 bits per heavy atom. The van der Waals surface area contributed by atoms with E-state index in [4.69, 9.17) is 14.6 Å². The Kier molecular flexibility index (Phi) is 7.12. The van der Waals surface area contributed by atoms with Gasteiger partial charge in [-0.25, -0.2) is 0 Å². The van der Waals surface area contributed by atoms with E-state index in [1.165, 1.54) is 44.9 Å². The number of rotatable bonds is 9. The van der Waals surface area contributed by atoms with E-state index in [9.17, 15) is 4.79 Å². The Labute approximate surface area is 151 Å². The van der Waals surface area contributed by atoms with Crippen LogP contribution >= 0.6 is 0 Å². The van der Waals surface area contributed by atoms with Gasteiger partial charge >= 0.3 is 5.97 Å². The van der Waals surface area contributed by atoms with Crippen LogP contribution < -0.4 is 0 Å². The third-order valence-corrected chi connectivity index (χ3v) is 6.06. The van der Waals surface area contributed by atoms with Gasteiger partial charge in [0.15, 0.2) is 0 Å². The summed E-state index contributed by atoms with van der Waals surface area (Å²) in [5.74, 6) is 1.05. The van der Waals surface area contributed by atoms with Gasteiger partial charge < -0.3 is 14.6 Å². The molecule has 0 radical (unpaired) electrons. The zero-order valence-corrected chi connectivity index (χ0v) is 15.1. The average Bonchev–Trinajstić information content (AvgIpc) is 3.21. The van der Waals surface area contributed by atoms with Gasteiger partial charge in [0.1, 0.15) is 0 Å². The van der Waals surface area contributed by atoms with Gasteiger partial charge in [0.2, 0.25) is 0 Å². The molecule has 25 heavy (non-hydrogen) atoms. The monoisotopic (exact) mass is 348 g/mol. The highest BCUT2D eigenvalue weighted by Crippen LogP contribution is 2.45. The molecule has 0 aromatic rings. The van der Waals surface area contributed by atoms with Crippen LogP contribution in [0.3, 0.4) is 0 Å². The molecule has 3 aliphatic rings. The number of ether oxygens (including phenoxy) is 2. The first-order valence-corrected chi connectivity index (χ1v) is 10.0. The van der Waals surface area contributed by atoms with E-state index >= 15 is 0 Å². The number of hydrogen-bond donors (Lipinski definition) is 1. The van der Waals surface area contributed by atoms with Crippen LogP contribution in [0.2, 0.25) is 0 Å². The standard InChI is InChI=1S/C21H32O4/c22-21(23)11-7-2-1-6-10-17-18(20-13-12-19(17)25-20)15-24-14-16-8-4-3-5-9-16/h1-2,6-7,16-20H,3-5,8-15H2,(H,22,23)/b6-1-,7-2?/t17-,18+,19-,20+/m0/s1. The van der Waals surface area contributed by atoms with Crippen molar-refractivity contribution in [1.82, 2.24) is 0 Å². The number of allylic oxidation sites excluding steroid dienone is 3. The van der Waals surface area contributed by atoms with Crippen molar-refractivity contribution in [2.45, 2.75) is 70.0 Å². The van der Waals surface area contributed by atoms with E-state index in [2.05, 4.69) is 6.08 Å². The Balaban J connectivity index is 1.42. The number of carboxylic acid groups (broad SMARTS) is 1. The highest BCUT2D eigenvalue weighted by Gasteiger charge is 2.48. The van der Waals surface area contributed by atoms with Crippen molar-refractivity contribution in [3.63, 3.8) is 0 Å². The van der Waals surface area contributed by atoms with Crippen molar-refractivity contribution in [3.05, 3.63) is 24.3 Å². The Morgan fingerprint density at radius 3 is 2.44 bits per heavy atom. The van der Waals surface area contributed by atoms with Crippen LogP contribution in [0.15, 0.2) is 24.3 Å². The van der Waals surface area contributed by atoms with Crippen LogP contribution in [-0.2, 0) is 14.3 Å². The molecule has 4 nitrogen and oxygen atoms in total. The fourth-order valence-electron chi connectivity index (χ4n) is 4.71. The Bertz CT molecular complexity index is 478. The molecule has 0 aromatic heterocycles. The summed E-state index contributed by atoms with van der Waals surface area (Å²) in [6.45, 7) is 1.76. The van der Waals surface area contributed by atoms with Gasteiger partial charge in [-0.2, -0.15) is 0 Å². The molecule has 0 aromatic carbocycles. The average molecular weight is 348 g/mol. The zero-order valence-electron chi connectivity index (χ0n) is 15.1. The minimum atomic E-state index is -0.790. The molecule has 2 saturated heterocycles. The lowest BCUT2D eigenvalue weighted by molar-refractivity contribution is -0.136. The molecule has 3 rings (SSSR count). The molecule has 4 heteroatoms. The van der Waals surface area contributed by atoms with Crippen LogP contribution in [0, 0.1) is 17.8 Å². The third-order valence-electron chi connectivity index (χ3n) is 6.06. The first kappa shape index (κ1) is 18.7. The zero-order chi connectivity index (χ0) is 17.5. The van der Waals surface area contributed by atoms with E-state index in [1.54, 1.807) is 6.08 Å². The second-order valence-electron chi connectivity index (χ2n) is 7.85. The largest absolute Gasteiger partial charge is 0.481 e. The molecule has 2 heterocycles. The second-order valence-corrected chi connectivity index (χ2v) is 7.85. The van der Waals surface area contributed by atoms with Gasteiger partial charge in [0.05, 0.1) is 25.2 Å². The van der Waals surface area contributed by atoms with Gasteiger partial charge in [-0.1, -0.05) is 43.6 Å². The minimum Gasteiger partial charge on any atom is -0.481 e. The lowest BCUT2D eigenvalue weighted by Gasteiger charge is -2.28. The quantitative estimate of drug-likeness (QED) is 0.629. The molecule has 1 aliphatic carbocycles. The van der Waals surface area contributed by atoms with Crippen molar-refractivity contribution < 1.29 is 19.4 Å². The lowest BCUT2D eigenvalue weighted by Crippen LogP contribution is -2.31. The number of fused-ring (bicyclic) bond motifs is 2. The normalized spacial score (nSPS) is 33.0. The van der Waals surface area contributed by atoms with E-state index in [0.717, 1.165) is 25.6 Å². The smallest absolute Gasteiger partial charge is 0.307 e. The van der Waals surface area contributed by atoms with Crippen molar-refractivity contribution in [2.75, 3.05) is 13.2 Å². The van der Waals surface area contributed by atoms with Crippen molar-refractivity contribution >= 4 is 5.97 Å². The Hall–Kier alpha value is -1.13. The molecular weight excluding hydrogens is 316 g/mol. The van der Waals surface area contributed by atoms with Gasteiger partial charge in [-0.15, -0.1) is 0 Å². The molecular formula is C21H32O4. The fourth-order valence-corrected chi connectivity index (χ4v) is 4.71. The Morgan fingerprint density at radius 1 is 0.960 bits per heavy atom.